The van der Waals surface area contributed by atoms with Crippen molar-refractivity contribution in [2.45, 2.75) is 99.3 Å². The fourth-order valence-corrected chi connectivity index (χ4v) is 5.17. The first-order valence-electron chi connectivity index (χ1n) is 14.3. The minimum Gasteiger partial charge on any atom is -0.358 e. The lowest BCUT2D eigenvalue weighted by molar-refractivity contribution is 0.834. The van der Waals surface area contributed by atoms with E-state index in [0.29, 0.717) is 23.7 Å². The molecule has 38 heavy (non-hydrogen) atoms. The van der Waals surface area contributed by atoms with Crippen molar-refractivity contribution in [1.82, 2.24) is 0 Å². The van der Waals surface area contributed by atoms with Gasteiger partial charge in [-0.25, -0.2) is 0 Å². The van der Waals surface area contributed by atoms with Crippen molar-refractivity contribution in [3.63, 3.8) is 0 Å². The molecule has 0 saturated heterocycles. The van der Waals surface area contributed by atoms with Crippen LogP contribution in [0, 0.1) is 0 Å². The van der Waals surface area contributed by atoms with Crippen LogP contribution in [0.4, 0.5) is 11.4 Å². The second-order valence-corrected chi connectivity index (χ2v) is 11.8. The zero-order valence-electron chi connectivity index (χ0n) is 25.3. The summed E-state index contributed by atoms with van der Waals surface area (Å²) in [5, 5.41) is 3.90. The van der Waals surface area contributed by atoms with E-state index >= 15 is 0 Å². The molecule has 0 bridgehead atoms. The first-order valence-corrected chi connectivity index (χ1v) is 14.3. The monoisotopic (exact) mass is 508 g/mol. The van der Waals surface area contributed by atoms with E-state index in [1.807, 2.05) is 0 Å². The standard InChI is InChI=1S/C36H48N2/c1-23(2)30-18-14-19-31(24(3)4)35(30)37-27(9)34(22-29-16-12-11-13-17-29)28(10)38-36-32(25(5)6)20-15-21-33(36)26(7)8/h11-21,23-26,37H,22H2,1-10H3/b34-27-,38-28?. The average Bonchev–Trinajstić information content (AvgIpc) is 2.87. The molecule has 0 atom stereocenters. The molecule has 0 heterocycles. The number of nitrogens with one attached hydrogen (secondary N) is 1. The van der Waals surface area contributed by atoms with E-state index in [9.17, 15) is 0 Å². The van der Waals surface area contributed by atoms with Gasteiger partial charge in [0.05, 0.1) is 5.69 Å². The van der Waals surface area contributed by atoms with Gasteiger partial charge in [0.15, 0.2) is 0 Å². The Labute approximate surface area is 232 Å². The molecule has 202 valence electrons. The average molecular weight is 509 g/mol. The van der Waals surface area contributed by atoms with Crippen molar-refractivity contribution >= 4 is 17.1 Å². The molecule has 0 saturated carbocycles. The van der Waals surface area contributed by atoms with Crippen molar-refractivity contribution in [2.24, 2.45) is 4.99 Å². The number of hydrogen-bond donors (Lipinski definition) is 1. The van der Waals surface area contributed by atoms with Crippen molar-refractivity contribution < 1.29 is 0 Å². The van der Waals surface area contributed by atoms with Gasteiger partial charge >= 0.3 is 0 Å². The lowest BCUT2D eigenvalue weighted by Gasteiger charge is -2.23. The Bertz CT molecular complexity index is 1220. The predicted octanol–water partition coefficient (Wildman–Crippen LogP) is 10.9. The van der Waals surface area contributed by atoms with Gasteiger partial charge in [0.25, 0.3) is 0 Å². The van der Waals surface area contributed by atoms with Crippen LogP contribution < -0.4 is 5.32 Å². The summed E-state index contributed by atoms with van der Waals surface area (Å²) in [5.41, 5.74) is 12.5. The highest BCUT2D eigenvalue weighted by molar-refractivity contribution is 6.01. The van der Waals surface area contributed by atoms with E-state index in [2.05, 4.69) is 141 Å². The second kappa shape index (κ2) is 13.1. The number of hydrogen-bond acceptors (Lipinski definition) is 2. The number of aliphatic imine (C=N–C) groups is 1. The zero-order valence-corrected chi connectivity index (χ0v) is 25.3. The number of para-hydroxylation sites is 2. The van der Waals surface area contributed by atoms with Gasteiger partial charge < -0.3 is 5.32 Å². The van der Waals surface area contributed by atoms with Gasteiger partial charge in [-0.2, -0.15) is 0 Å². The third kappa shape index (κ3) is 7.04. The molecule has 0 unspecified atom stereocenters. The highest BCUT2D eigenvalue weighted by Gasteiger charge is 2.18. The third-order valence-electron chi connectivity index (χ3n) is 7.42. The Morgan fingerprint density at radius 1 is 0.605 bits per heavy atom. The fourth-order valence-electron chi connectivity index (χ4n) is 5.17. The molecule has 0 aliphatic carbocycles. The maximum Gasteiger partial charge on any atom is 0.0702 e. The van der Waals surface area contributed by atoms with Gasteiger partial charge in [-0.1, -0.05) is 122 Å². The smallest absolute Gasteiger partial charge is 0.0702 e. The number of anilines is 1. The van der Waals surface area contributed by atoms with Gasteiger partial charge in [-0.05, 0) is 70.9 Å². The van der Waals surface area contributed by atoms with E-state index in [1.165, 1.54) is 44.8 Å². The first kappa shape index (κ1) is 29.4. The van der Waals surface area contributed by atoms with Crippen LogP contribution in [0.1, 0.15) is 121 Å². The second-order valence-electron chi connectivity index (χ2n) is 11.8. The number of allylic oxidation sites excluding steroid dienone is 2. The van der Waals surface area contributed by atoms with Crippen LogP contribution in [-0.4, -0.2) is 5.71 Å². The first-order chi connectivity index (χ1) is 18.0. The molecule has 0 aromatic heterocycles. The molecule has 2 heteroatoms. The quantitative estimate of drug-likeness (QED) is 0.271. The molecule has 1 N–H and O–H groups in total. The molecule has 0 amide bonds. The summed E-state index contributed by atoms with van der Waals surface area (Å²) >= 11 is 0. The summed E-state index contributed by atoms with van der Waals surface area (Å²) in [7, 11) is 0. The van der Waals surface area contributed by atoms with Crippen molar-refractivity contribution in [3.8, 4) is 0 Å². The van der Waals surface area contributed by atoms with Crippen LogP contribution in [0.2, 0.25) is 0 Å². The maximum atomic E-state index is 5.39. The minimum absolute atomic E-state index is 0.410. The van der Waals surface area contributed by atoms with Gasteiger partial charge in [-0.15, -0.1) is 0 Å². The summed E-state index contributed by atoms with van der Waals surface area (Å²) < 4.78 is 0. The highest BCUT2D eigenvalue weighted by atomic mass is 14.9. The summed E-state index contributed by atoms with van der Waals surface area (Å²) in [6.45, 7) is 22.5. The summed E-state index contributed by atoms with van der Waals surface area (Å²) in [5.74, 6) is 1.69. The van der Waals surface area contributed by atoms with Gasteiger partial charge in [0, 0.05) is 23.5 Å². The Hall–Kier alpha value is -3.13. The molecule has 2 nitrogen and oxygen atoms in total. The van der Waals surface area contributed by atoms with Crippen LogP contribution in [0.3, 0.4) is 0 Å². The summed E-state index contributed by atoms with van der Waals surface area (Å²) in [6, 6.07) is 24.1. The summed E-state index contributed by atoms with van der Waals surface area (Å²) in [6.07, 6.45) is 0.830. The van der Waals surface area contributed by atoms with E-state index in [4.69, 9.17) is 4.99 Å². The summed E-state index contributed by atoms with van der Waals surface area (Å²) in [4.78, 5) is 5.39. The topological polar surface area (TPSA) is 24.4 Å². The molecule has 0 fully saturated rings. The third-order valence-corrected chi connectivity index (χ3v) is 7.42. The van der Waals surface area contributed by atoms with E-state index in [1.54, 1.807) is 0 Å². The Morgan fingerprint density at radius 2 is 1.05 bits per heavy atom. The van der Waals surface area contributed by atoms with Crippen molar-refractivity contribution in [1.29, 1.82) is 0 Å². The largest absolute Gasteiger partial charge is 0.358 e. The Kier molecular flexibility index (Phi) is 10.1. The van der Waals surface area contributed by atoms with E-state index in [-0.39, 0.29) is 0 Å². The van der Waals surface area contributed by atoms with Crippen molar-refractivity contribution in [3.05, 3.63) is 106 Å². The number of nitrogens with zero attached hydrogens (tertiary/aromatic N) is 1. The van der Waals surface area contributed by atoms with Crippen molar-refractivity contribution in [2.75, 3.05) is 5.32 Å². The molecule has 0 aliphatic rings. The Balaban J connectivity index is 2.22. The van der Waals surface area contributed by atoms with Gasteiger partial charge in [-0.3, -0.25) is 4.99 Å². The molecule has 0 radical (unpaired) electrons. The van der Waals surface area contributed by atoms with Crippen LogP contribution in [-0.2, 0) is 6.42 Å². The molecule has 0 spiro atoms. The number of benzene rings is 3. The van der Waals surface area contributed by atoms with E-state index in [0.717, 1.165) is 17.8 Å². The zero-order chi connectivity index (χ0) is 28.0. The molecular formula is C36H48N2. The molecule has 3 rings (SSSR count). The molecular weight excluding hydrogens is 460 g/mol. The minimum atomic E-state index is 0.410. The van der Waals surface area contributed by atoms with Crippen LogP contribution in [0.25, 0.3) is 0 Å². The lowest BCUT2D eigenvalue weighted by atomic mass is 9.91. The molecule has 3 aromatic carbocycles. The molecule has 3 aromatic rings. The Morgan fingerprint density at radius 3 is 1.50 bits per heavy atom. The van der Waals surface area contributed by atoms with Crippen LogP contribution in [0.15, 0.2) is 83.0 Å². The molecule has 0 aliphatic heterocycles. The van der Waals surface area contributed by atoms with Gasteiger partial charge in [0.1, 0.15) is 0 Å². The maximum absolute atomic E-state index is 5.39. The van der Waals surface area contributed by atoms with E-state index < -0.39 is 0 Å². The fraction of sp³-hybridized carbons (Fsp3) is 0.417. The highest BCUT2D eigenvalue weighted by Crippen LogP contribution is 2.37. The van der Waals surface area contributed by atoms with Crippen LogP contribution in [0.5, 0.6) is 0 Å². The SMILES string of the molecule is CC(=Nc1c(C(C)C)cccc1C(C)C)/C(Cc1ccccc1)=C(/C)Nc1c(C(C)C)cccc1C(C)C. The predicted molar refractivity (Wildman–Crippen MR) is 168 cm³/mol. The van der Waals surface area contributed by atoms with Crippen LogP contribution >= 0.6 is 0 Å². The van der Waals surface area contributed by atoms with Gasteiger partial charge in [0.2, 0.25) is 0 Å². The normalized spacial score (nSPS) is 13.1. The number of rotatable bonds is 10. The lowest BCUT2D eigenvalue weighted by Crippen LogP contribution is -2.13.